The van der Waals surface area contributed by atoms with E-state index in [1.54, 1.807) is 12.1 Å². The summed E-state index contributed by atoms with van der Waals surface area (Å²) in [4.78, 5) is 0. The quantitative estimate of drug-likeness (QED) is 0.835. The Hall–Kier alpha value is -0.970. The Bertz CT molecular complexity index is 364. The van der Waals surface area contributed by atoms with Crippen LogP contribution in [0, 0.1) is 5.82 Å². The molecule has 0 aromatic heterocycles. The van der Waals surface area contributed by atoms with Gasteiger partial charge in [0.2, 0.25) is 0 Å². The Morgan fingerprint density at radius 1 is 1.29 bits per heavy atom. The van der Waals surface area contributed by atoms with Crippen LogP contribution < -0.4 is 5.32 Å². The second-order valence-electron chi connectivity index (χ2n) is 4.53. The van der Waals surface area contributed by atoms with Crippen LogP contribution in [0.4, 0.5) is 4.39 Å². The maximum absolute atomic E-state index is 13.3. The minimum atomic E-state index is -0.705. The van der Waals surface area contributed by atoms with Gasteiger partial charge in [0.25, 0.3) is 0 Å². The highest BCUT2D eigenvalue weighted by Crippen LogP contribution is 2.19. The summed E-state index contributed by atoms with van der Waals surface area (Å²) in [6.07, 6.45) is 1.27. The smallest absolute Gasteiger partial charge is 0.127 e. The second-order valence-corrected chi connectivity index (χ2v) is 4.53. The highest BCUT2D eigenvalue weighted by atomic mass is 19.1. The normalized spacial score (nSPS) is 19.2. The van der Waals surface area contributed by atoms with Gasteiger partial charge in [0, 0.05) is 44.7 Å². The zero-order chi connectivity index (χ0) is 12.1. The Morgan fingerprint density at radius 2 is 2.00 bits per heavy atom. The minimum absolute atomic E-state index is 0.209. The number of benzene rings is 1. The Labute approximate surface area is 101 Å². The number of hydrogen-bond donors (Lipinski definition) is 2. The molecular formula is C13H18FNO2. The lowest BCUT2D eigenvalue weighted by Gasteiger charge is -2.32. The molecule has 0 unspecified atom stereocenters. The number of nitrogens with one attached hydrogen (secondary N) is 1. The zero-order valence-electron chi connectivity index (χ0n) is 9.79. The van der Waals surface area contributed by atoms with Gasteiger partial charge in [-0.05, 0) is 6.07 Å². The first kappa shape index (κ1) is 12.5. The summed E-state index contributed by atoms with van der Waals surface area (Å²) in [6.45, 7) is 2.11. The van der Waals surface area contributed by atoms with Crippen molar-refractivity contribution in [1.29, 1.82) is 0 Å². The van der Waals surface area contributed by atoms with E-state index in [0.29, 0.717) is 44.7 Å². The van der Waals surface area contributed by atoms with Crippen LogP contribution in [0.1, 0.15) is 18.4 Å². The maximum atomic E-state index is 13.3. The molecule has 1 fully saturated rings. The summed E-state index contributed by atoms with van der Waals surface area (Å²) in [5.74, 6) is -0.209. The molecule has 0 aliphatic carbocycles. The summed E-state index contributed by atoms with van der Waals surface area (Å²) < 4.78 is 18.5. The Morgan fingerprint density at radius 3 is 2.71 bits per heavy atom. The van der Waals surface area contributed by atoms with Crippen molar-refractivity contribution in [1.82, 2.24) is 5.32 Å². The van der Waals surface area contributed by atoms with Gasteiger partial charge in [-0.2, -0.15) is 0 Å². The highest BCUT2D eigenvalue weighted by molar-refractivity contribution is 5.16. The van der Waals surface area contributed by atoms with Gasteiger partial charge < -0.3 is 15.2 Å². The number of ether oxygens (including phenoxy) is 1. The third kappa shape index (κ3) is 3.49. The molecule has 1 aliphatic rings. The number of aliphatic hydroxyl groups is 1. The third-order valence-corrected chi connectivity index (χ3v) is 3.15. The van der Waals surface area contributed by atoms with Crippen LogP contribution in [-0.2, 0) is 11.3 Å². The fourth-order valence-corrected chi connectivity index (χ4v) is 2.00. The van der Waals surface area contributed by atoms with Crippen LogP contribution >= 0.6 is 0 Å². The molecule has 94 valence electrons. The molecule has 17 heavy (non-hydrogen) atoms. The lowest BCUT2D eigenvalue weighted by molar-refractivity contribution is -0.0617. The van der Waals surface area contributed by atoms with E-state index < -0.39 is 5.60 Å². The molecule has 2 rings (SSSR count). The molecule has 1 aliphatic heterocycles. The first-order chi connectivity index (χ1) is 8.20. The van der Waals surface area contributed by atoms with E-state index >= 15 is 0 Å². The lowest BCUT2D eigenvalue weighted by Crippen LogP contribution is -2.44. The highest BCUT2D eigenvalue weighted by Gasteiger charge is 2.29. The molecule has 0 amide bonds. The predicted molar refractivity (Wildman–Crippen MR) is 63.1 cm³/mol. The van der Waals surface area contributed by atoms with Crippen LogP contribution in [0.15, 0.2) is 24.3 Å². The van der Waals surface area contributed by atoms with Gasteiger partial charge in [-0.1, -0.05) is 18.2 Å². The SMILES string of the molecule is OC1(CNCc2ccccc2F)CCOCC1. The molecule has 2 N–H and O–H groups in total. The molecule has 1 aromatic carbocycles. The van der Waals surface area contributed by atoms with E-state index in [1.807, 2.05) is 6.07 Å². The number of rotatable bonds is 4. The van der Waals surface area contributed by atoms with Gasteiger partial charge >= 0.3 is 0 Å². The van der Waals surface area contributed by atoms with E-state index in [0.717, 1.165) is 0 Å². The summed E-state index contributed by atoms with van der Waals surface area (Å²) in [6, 6.07) is 6.67. The largest absolute Gasteiger partial charge is 0.388 e. The maximum Gasteiger partial charge on any atom is 0.127 e. The average molecular weight is 239 g/mol. The molecule has 3 nitrogen and oxygen atoms in total. The van der Waals surface area contributed by atoms with E-state index in [9.17, 15) is 9.50 Å². The van der Waals surface area contributed by atoms with Crippen molar-refractivity contribution in [2.45, 2.75) is 25.0 Å². The fourth-order valence-electron chi connectivity index (χ4n) is 2.00. The molecule has 0 saturated carbocycles. The van der Waals surface area contributed by atoms with Gasteiger partial charge in [0.05, 0.1) is 5.60 Å². The standard InChI is InChI=1S/C13H18FNO2/c14-12-4-2-1-3-11(12)9-15-10-13(16)5-7-17-8-6-13/h1-4,15-16H,5-10H2. The first-order valence-corrected chi connectivity index (χ1v) is 5.94. The number of halogens is 1. The summed E-state index contributed by atoms with van der Waals surface area (Å²) in [5, 5.41) is 13.3. The Balaban J connectivity index is 1.81. The van der Waals surface area contributed by atoms with Gasteiger partial charge in [0.1, 0.15) is 5.82 Å². The molecule has 1 saturated heterocycles. The van der Waals surface area contributed by atoms with Crippen molar-refractivity contribution in [2.24, 2.45) is 0 Å². The van der Waals surface area contributed by atoms with E-state index in [2.05, 4.69) is 5.32 Å². The molecule has 0 radical (unpaired) electrons. The average Bonchev–Trinajstić information content (AvgIpc) is 2.32. The molecule has 1 heterocycles. The zero-order valence-corrected chi connectivity index (χ0v) is 9.79. The van der Waals surface area contributed by atoms with Gasteiger partial charge in [-0.15, -0.1) is 0 Å². The van der Waals surface area contributed by atoms with Crippen molar-refractivity contribution >= 4 is 0 Å². The molecule has 0 spiro atoms. The van der Waals surface area contributed by atoms with Crippen molar-refractivity contribution < 1.29 is 14.2 Å². The molecule has 0 bridgehead atoms. The van der Waals surface area contributed by atoms with E-state index in [-0.39, 0.29) is 5.82 Å². The van der Waals surface area contributed by atoms with Crippen molar-refractivity contribution in [3.05, 3.63) is 35.6 Å². The molecular weight excluding hydrogens is 221 g/mol. The van der Waals surface area contributed by atoms with Gasteiger partial charge in [-0.25, -0.2) is 4.39 Å². The minimum Gasteiger partial charge on any atom is -0.388 e. The van der Waals surface area contributed by atoms with Crippen LogP contribution in [0.2, 0.25) is 0 Å². The summed E-state index contributed by atoms with van der Waals surface area (Å²) in [7, 11) is 0. The second kappa shape index (κ2) is 5.58. The van der Waals surface area contributed by atoms with Crippen LogP contribution in [-0.4, -0.2) is 30.5 Å². The topological polar surface area (TPSA) is 41.5 Å². The van der Waals surface area contributed by atoms with Crippen LogP contribution in [0.5, 0.6) is 0 Å². The first-order valence-electron chi connectivity index (χ1n) is 5.94. The monoisotopic (exact) mass is 239 g/mol. The van der Waals surface area contributed by atoms with E-state index in [1.165, 1.54) is 6.07 Å². The molecule has 0 atom stereocenters. The van der Waals surface area contributed by atoms with E-state index in [4.69, 9.17) is 4.74 Å². The third-order valence-electron chi connectivity index (χ3n) is 3.15. The summed E-state index contributed by atoms with van der Waals surface area (Å²) >= 11 is 0. The van der Waals surface area contributed by atoms with Crippen molar-refractivity contribution in [2.75, 3.05) is 19.8 Å². The number of hydrogen-bond acceptors (Lipinski definition) is 3. The summed E-state index contributed by atoms with van der Waals surface area (Å²) in [5.41, 5.74) is -0.0769. The van der Waals surface area contributed by atoms with Crippen molar-refractivity contribution in [3.63, 3.8) is 0 Å². The van der Waals surface area contributed by atoms with Crippen LogP contribution in [0.25, 0.3) is 0 Å². The Kier molecular flexibility index (Phi) is 4.10. The molecule has 1 aromatic rings. The van der Waals surface area contributed by atoms with Crippen molar-refractivity contribution in [3.8, 4) is 0 Å². The van der Waals surface area contributed by atoms with Crippen LogP contribution in [0.3, 0.4) is 0 Å². The molecule has 4 heteroatoms. The fraction of sp³-hybridized carbons (Fsp3) is 0.538. The predicted octanol–water partition coefficient (Wildman–Crippen LogP) is 1.46. The lowest BCUT2D eigenvalue weighted by atomic mass is 9.94. The van der Waals surface area contributed by atoms with Gasteiger partial charge in [0.15, 0.2) is 0 Å². The van der Waals surface area contributed by atoms with Gasteiger partial charge in [-0.3, -0.25) is 0 Å².